The molecule has 5 atom stereocenters. The second-order valence-electron chi connectivity index (χ2n) is 3.91. The Balaban J connectivity index is 2.92. The molecule has 1 amide bonds. The molecule has 5 unspecified atom stereocenters. The van der Waals surface area contributed by atoms with E-state index in [1.165, 1.54) is 21.1 Å². The molecule has 0 aliphatic carbocycles. The zero-order valence-corrected chi connectivity index (χ0v) is 10.3. The summed E-state index contributed by atoms with van der Waals surface area (Å²) in [6, 6.07) is 0. The van der Waals surface area contributed by atoms with Crippen molar-refractivity contribution in [2.75, 3.05) is 14.2 Å². The van der Waals surface area contributed by atoms with E-state index in [-0.39, 0.29) is 0 Å². The first kappa shape index (κ1) is 14.7. The van der Waals surface area contributed by atoms with Crippen LogP contribution in [0, 0.1) is 0 Å². The lowest BCUT2D eigenvalue weighted by atomic mass is 9.95. The number of alkyl carbamates (subject to hydrolysis) is 1. The maximum absolute atomic E-state index is 11.2. The van der Waals surface area contributed by atoms with Gasteiger partial charge in [0.05, 0.1) is 6.10 Å². The fourth-order valence-electron chi connectivity index (χ4n) is 1.80. The second-order valence-corrected chi connectivity index (χ2v) is 3.91. The molecule has 1 aliphatic rings. The van der Waals surface area contributed by atoms with Crippen LogP contribution in [0.25, 0.3) is 0 Å². The Morgan fingerprint density at radius 1 is 1.33 bits per heavy atom. The maximum Gasteiger partial charge on any atom is 0.407 e. The first-order valence-corrected chi connectivity index (χ1v) is 5.39. The van der Waals surface area contributed by atoms with Crippen molar-refractivity contribution in [3.63, 3.8) is 0 Å². The van der Waals surface area contributed by atoms with Crippen molar-refractivity contribution in [1.29, 1.82) is 0 Å². The largest absolute Gasteiger partial charge is 0.479 e. The summed E-state index contributed by atoms with van der Waals surface area (Å²) in [6.07, 6.45) is -6.22. The molecule has 1 fully saturated rings. The van der Waals surface area contributed by atoms with Gasteiger partial charge < -0.3 is 29.7 Å². The zero-order valence-electron chi connectivity index (χ0n) is 10.3. The number of hydrogen-bond donors (Lipinski definition) is 3. The maximum atomic E-state index is 11.2. The summed E-state index contributed by atoms with van der Waals surface area (Å²) in [4.78, 5) is 22.2. The first-order valence-electron chi connectivity index (χ1n) is 5.39. The van der Waals surface area contributed by atoms with Crippen molar-refractivity contribution < 1.29 is 34.0 Å². The van der Waals surface area contributed by atoms with Crippen LogP contribution in [0.5, 0.6) is 0 Å². The van der Waals surface area contributed by atoms with Crippen molar-refractivity contribution in [2.45, 2.75) is 37.4 Å². The molecular formula is C10H17NO7. The lowest BCUT2D eigenvalue weighted by molar-refractivity contribution is -0.229. The van der Waals surface area contributed by atoms with Gasteiger partial charge in [0.15, 0.2) is 12.2 Å². The van der Waals surface area contributed by atoms with Crippen LogP contribution in [0.1, 0.15) is 6.92 Å². The molecule has 1 aliphatic heterocycles. The number of amides is 1. The fraction of sp³-hybridized carbons (Fsp3) is 0.800. The summed E-state index contributed by atoms with van der Waals surface area (Å²) < 4.78 is 15.0. The molecule has 0 aromatic carbocycles. The molecule has 104 valence electrons. The summed E-state index contributed by atoms with van der Waals surface area (Å²) in [5, 5.41) is 21.1. The number of ether oxygens (including phenoxy) is 3. The van der Waals surface area contributed by atoms with E-state index in [9.17, 15) is 14.7 Å². The van der Waals surface area contributed by atoms with Crippen molar-refractivity contribution in [3.05, 3.63) is 0 Å². The molecule has 0 aromatic heterocycles. The van der Waals surface area contributed by atoms with Crippen LogP contribution in [-0.2, 0) is 19.0 Å². The third kappa shape index (κ3) is 2.89. The van der Waals surface area contributed by atoms with Crippen LogP contribution in [0.4, 0.5) is 4.79 Å². The molecular weight excluding hydrogens is 246 g/mol. The van der Waals surface area contributed by atoms with Crippen LogP contribution in [0.15, 0.2) is 0 Å². The zero-order chi connectivity index (χ0) is 13.9. The highest BCUT2D eigenvalue weighted by Gasteiger charge is 2.49. The molecule has 0 radical (unpaired) electrons. The minimum absolute atomic E-state index is 0.778. The van der Waals surface area contributed by atoms with Gasteiger partial charge in [0.2, 0.25) is 0 Å². The van der Waals surface area contributed by atoms with Crippen molar-refractivity contribution in [3.8, 4) is 0 Å². The number of aliphatic hydroxyl groups is 1. The number of carbonyl (C=O) groups excluding carboxylic acids is 1. The lowest BCUT2D eigenvalue weighted by Gasteiger charge is -2.40. The van der Waals surface area contributed by atoms with E-state index in [1.807, 2.05) is 0 Å². The quantitative estimate of drug-likeness (QED) is 0.595. The van der Waals surface area contributed by atoms with E-state index >= 15 is 0 Å². The van der Waals surface area contributed by atoms with Gasteiger partial charge in [0.25, 0.3) is 0 Å². The van der Waals surface area contributed by atoms with Gasteiger partial charge in [-0.3, -0.25) is 0 Å². The molecule has 0 saturated carbocycles. The Hall–Kier alpha value is -1.38. The number of rotatable bonds is 3. The van der Waals surface area contributed by atoms with Gasteiger partial charge in [-0.25, -0.2) is 9.59 Å². The van der Waals surface area contributed by atoms with E-state index in [4.69, 9.17) is 19.3 Å². The fourth-order valence-corrected chi connectivity index (χ4v) is 1.80. The molecule has 18 heavy (non-hydrogen) atoms. The normalized spacial score (nSPS) is 35.9. The molecule has 1 rings (SSSR count). The first-order chi connectivity index (χ1) is 8.42. The van der Waals surface area contributed by atoms with Gasteiger partial charge in [-0.05, 0) is 6.92 Å². The van der Waals surface area contributed by atoms with E-state index < -0.39 is 42.6 Å². The van der Waals surface area contributed by atoms with E-state index in [1.54, 1.807) is 0 Å². The Kier molecular flexibility index (Phi) is 4.88. The number of nitrogens with one attached hydrogen (secondary N) is 1. The summed E-state index contributed by atoms with van der Waals surface area (Å²) >= 11 is 0. The molecule has 1 saturated heterocycles. The average Bonchev–Trinajstić information content (AvgIpc) is 2.34. The Labute approximate surface area is 104 Å². The van der Waals surface area contributed by atoms with Gasteiger partial charge in [-0.2, -0.15) is 0 Å². The standard InChI is InChI=1S/C10H17NO7/c1-4-5(12)6(18-10(15)11-2)7(16-3)8(17-4)9(13)14/h4-8,12H,1-3H3,(H,11,15)(H,13,14). The number of aliphatic hydroxyl groups excluding tert-OH is 1. The van der Waals surface area contributed by atoms with E-state index in [2.05, 4.69) is 5.32 Å². The third-order valence-corrected chi connectivity index (χ3v) is 2.76. The van der Waals surface area contributed by atoms with E-state index in [0.29, 0.717) is 0 Å². The lowest BCUT2D eigenvalue weighted by Crippen LogP contribution is -2.61. The topological polar surface area (TPSA) is 114 Å². The van der Waals surface area contributed by atoms with Gasteiger partial charge in [0, 0.05) is 14.2 Å². The van der Waals surface area contributed by atoms with Gasteiger partial charge in [-0.15, -0.1) is 0 Å². The summed E-state index contributed by atoms with van der Waals surface area (Å²) in [5.74, 6) is -1.24. The van der Waals surface area contributed by atoms with Crippen LogP contribution >= 0.6 is 0 Å². The van der Waals surface area contributed by atoms with Crippen molar-refractivity contribution in [2.24, 2.45) is 0 Å². The number of carbonyl (C=O) groups is 2. The third-order valence-electron chi connectivity index (χ3n) is 2.76. The minimum atomic E-state index is -1.30. The van der Waals surface area contributed by atoms with Crippen LogP contribution < -0.4 is 5.32 Å². The summed E-state index contributed by atoms with van der Waals surface area (Å²) in [5.41, 5.74) is 0. The molecule has 0 spiro atoms. The minimum Gasteiger partial charge on any atom is -0.479 e. The SMILES string of the molecule is CNC(=O)OC1C(O)C(C)OC(C(=O)O)C1OC. The summed E-state index contributed by atoms with van der Waals surface area (Å²) in [7, 11) is 2.61. The number of carboxylic acids is 1. The monoisotopic (exact) mass is 263 g/mol. The molecule has 3 N–H and O–H groups in total. The predicted octanol–water partition coefficient (Wildman–Crippen LogP) is -1.04. The van der Waals surface area contributed by atoms with Crippen LogP contribution in [0.2, 0.25) is 0 Å². The predicted molar refractivity (Wildman–Crippen MR) is 58.1 cm³/mol. The van der Waals surface area contributed by atoms with Gasteiger partial charge >= 0.3 is 12.1 Å². The Morgan fingerprint density at radius 2 is 1.94 bits per heavy atom. The Morgan fingerprint density at radius 3 is 2.39 bits per heavy atom. The highest BCUT2D eigenvalue weighted by atomic mass is 16.6. The highest BCUT2D eigenvalue weighted by Crippen LogP contribution is 2.25. The molecule has 1 heterocycles. The van der Waals surface area contributed by atoms with Crippen molar-refractivity contribution in [1.82, 2.24) is 5.32 Å². The number of hydrogen-bond acceptors (Lipinski definition) is 6. The molecule has 8 nitrogen and oxygen atoms in total. The van der Waals surface area contributed by atoms with Gasteiger partial charge in [0.1, 0.15) is 12.2 Å². The van der Waals surface area contributed by atoms with Gasteiger partial charge in [-0.1, -0.05) is 0 Å². The molecule has 0 aromatic rings. The highest BCUT2D eigenvalue weighted by molar-refractivity contribution is 5.74. The summed E-state index contributed by atoms with van der Waals surface area (Å²) in [6.45, 7) is 1.49. The van der Waals surface area contributed by atoms with E-state index in [0.717, 1.165) is 0 Å². The average molecular weight is 263 g/mol. The van der Waals surface area contributed by atoms with Crippen molar-refractivity contribution >= 4 is 12.1 Å². The molecule has 0 bridgehead atoms. The Bertz CT molecular complexity index is 321. The smallest absolute Gasteiger partial charge is 0.407 e. The molecule has 8 heteroatoms. The van der Waals surface area contributed by atoms with Crippen LogP contribution in [-0.4, -0.2) is 67.0 Å². The number of aliphatic carboxylic acids is 1. The number of methoxy groups -OCH3 is 1. The van der Waals surface area contributed by atoms with Crippen LogP contribution in [0.3, 0.4) is 0 Å². The second kappa shape index (κ2) is 5.98. The number of carboxylic acid groups (broad SMARTS) is 1.